The Labute approximate surface area is 173 Å². The molecule has 0 radical (unpaired) electrons. The molecule has 0 aliphatic heterocycles. The number of methoxy groups -OCH3 is 1. The SMILES string of the molecule is C/C=N/N=C(/c1ccc(OC)cc1Cl)N(C)C.C1=C/C(C2CC2)=C\C=C/CC1. The van der Waals surface area contributed by atoms with Crippen LogP contribution in [0.3, 0.4) is 0 Å². The number of hydrogen-bond acceptors (Lipinski definition) is 3. The molecule has 2 aliphatic carbocycles. The third-order valence-electron chi connectivity index (χ3n) is 4.39. The summed E-state index contributed by atoms with van der Waals surface area (Å²) in [5.41, 5.74) is 2.36. The first-order valence-electron chi connectivity index (χ1n) is 9.67. The Morgan fingerprint density at radius 3 is 2.57 bits per heavy atom. The molecular weight excluding hydrogens is 370 g/mol. The lowest BCUT2D eigenvalue weighted by molar-refractivity contribution is 0.415. The van der Waals surface area contributed by atoms with Gasteiger partial charge in [0.05, 0.1) is 12.1 Å². The van der Waals surface area contributed by atoms with Crippen molar-refractivity contribution in [1.82, 2.24) is 4.90 Å². The highest BCUT2D eigenvalue weighted by Crippen LogP contribution is 2.37. The fourth-order valence-corrected chi connectivity index (χ4v) is 2.99. The molecule has 0 atom stereocenters. The van der Waals surface area contributed by atoms with E-state index in [9.17, 15) is 0 Å². The molecule has 0 N–H and O–H groups in total. The van der Waals surface area contributed by atoms with E-state index in [-0.39, 0.29) is 0 Å². The van der Waals surface area contributed by atoms with Gasteiger partial charge >= 0.3 is 0 Å². The number of amidine groups is 1. The van der Waals surface area contributed by atoms with Gasteiger partial charge in [0, 0.05) is 25.9 Å². The summed E-state index contributed by atoms with van der Waals surface area (Å²) in [4.78, 5) is 1.86. The first kappa shape index (κ1) is 22.0. The monoisotopic (exact) mass is 399 g/mol. The molecule has 28 heavy (non-hydrogen) atoms. The van der Waals surface area contributed by atoms with Crippen LogP contribution in [0.2, 0.25) is 5.02 Å². The minimum Gasteiger partial charge on any atom is -0.497 e. The number of benzene rings is 1. The van der Waals surface area contributed by atoms with Crippen LogP contribution in [0, 0.1) is 5.92 Å². The van der Waals surface area contributed by atoms with Gasteiger partial charge in [-0.05, 0) is 62.3 Å². The highest BCUT2D eigenvalue weighted by molar-refractivity contribution is 6.34. The topological polar surface area (TPSA) is 37.2 Å². The molecule has 0 amide bonds. The zero-order chi connectivity index (χ0) is 20.4. The summed E-state index contributed by atoms with van der Waals surface area (Å²) in [6, 6.07) is 5.46. The number of allylic oxidation sites excluding steroid dienone is 6. The molecule has 1 fully saturated rings. The van der Waals surface area contributed by atoms with Gasteiger partial charge in [-0.3, -0.25) is 0 Å². The van der Waals surface area contributed by atoms with Gasteiger partial charge in [-0.1, -0.05) is 42.0 Å². The minimum absolute atomic E-state index is 0.586. The molecule has 0 heterocycles. The largest absolute Gasteiger partial charge is 0.497 e. The molecular formula is C23H30ClN3O. The van der Waals surface area contributed by atoms with Gasteiger partial charge in [-0.25, -0.2) is 0 Å². The quantitative estimate of drug-likeness (QED) is 0.359. The van der Waals surface area contributed by atoms with Crippen LogP contribution in [0.25, 0.3) is 0 Å². The van der Waals surface area contributed by atoms with Gasteiger partial charge in [0.2, 0.25) is 0 Å². The van der Waals surface area contributed by atoms with Crippen LogP contribution >= 0.6 is 11.6 Å². The zero-order valence-corrected chi connectivity index (χ0v) is 18.0. The van der Waals surface area contributed by atoms with E-state index in [4.69, 9.17) is 16.3 Å². The Bertz CT molecular complexity index is 787. The van der Waals surface area contributed by atoms with Crippen LogP contribution in [0.4, 0.5) is 0 Å². The minimum atomic E-state index is 0.586. The smallest absolute Gasteiger partial charge is 0.159 e. The van der Waals surface area contributed by atoms with Crippen molar-refractivity contribution in [2.24, 2.45) is 16.1 Å². The maximum atomic E-state index is 6.19. The van der Waals surface area contributed by atoms with E-state index in [1.54, 1.807) is 25.0 Å². The zero-order valence-electron chi connectivity index (χ0n) is 17.2. The van der Waals surface area contributed by atoms with Crippen molar-refractivity contribution in [3.8, 4) is 5.75 Å². The molecule has 0 aromatic heterocycles. The summed E-state index contributed by atoms with van der Waals surface area (Å²) < 4.78 is 5.10. The molecule has 1 saturated carbocycles. The van der Waals surface area contributed by atoms with Crippen LogP contribution in [-0.4, -0.2) is 38.2 Å². The van der Waals surface area contributed by atoms with Gasteiger partial charge in [-0.2, -0.15) is 5.10 Å². The highest BCUT2D eigenvalue weighted by Gasteiger charge is 2.23. The van der Waals surface area contributed by atoms with Crippen LogP contribution in [-0.2, 0) is 0 Å². The Morgan fingerprint density at radius 1 is 1.21 bits per heavy atom. The van der Waals surface area contributed by atoms with E-state index in [2.05, 4.69) is 40.6 Å². The lowest BCUT2D eigenvalue weighted by Crippen LogP contribution is -2.23. The fourth-order valence-electron chi connectivity index (χ4n) is 2.73. The van der Waals surface area contributed by atoms with E-state index in [0.717, 1.165) is 17.2 Å². The van der Waals surface area contributed by atoms with Crippen molar-refractivity contribution in [1.29, 1.82) is 0 Å². The third-order valence-corrected chi connectivity index (χ3v) is 4.71. The molecule has 0 spiro atoms. The van der Waals surface area contributed by atoms with Crippen molar-refractivity contribution >= 4 is 23.7 Å². The van der Waals surface area contributed by atoms with E-state index < -0.39 is 0 Å². The summed E-state index contributed by atoms with van der Waals surface area (Å²) in [5, 5.41) is 8.59. The first-order valence-corrected chi connectivity index (χ1v) is 10.0. The molecule has 5 heteroatoms. The molecule has 0 bridgehead atoms. The number of hydrogen-bond donors (Lipinski definition) is 0. The summed E-state index contributed by atoms with van der Waals surface area (Å²) in [7, 11) is 5.39. The molecule has 1 aromatic carbocycles. The predicted octanol–water partition coefficient (Wildman–Crippen LogP) is 5.89. The second-order valence-corrected chi connectivity index (χ2v) is 7.29. The number of ether oxygens (including phenoxy) is 1. The molecule has 3 rings (SSSR count). The Balaban J connectivity index is 0.000000218. The van der Waals surface area contributed by atoms with Gasteiger partial charge in [0.25, 0.3) is 0 Å². The normalized spacial score (nSPS) is 19.8. The number of nitrogens with zero attached hydrogens (tertiary/aromatic N) is 3. The van der Waals surface area contributed by atoms with Crippen molar-refractivity contribution in [3.63, 3.8) is 0 Å². The lowest BCUT2D eigenvalue weighted by atomic mass is 10.1. The van der Waals surface area contributed by atoms with E-state index >= 15 is 0 Å². The molecule has 150 valence electrons. The number of halogens is 1. The standard InChI is InChI=1S/C12H16ClN3O.C11H14/c1-5-14-15-12(16(2)3)10-7-6-9(17-4)8-11(10)13;1-2-4-6-10(7-5-3-1)11-8-9-11/h5-8H,1-4H3;2,4-7,11H,1,3,8-9H2/b14-5+,15-12-;4-2-,7-5?,10-6+. The summed E-state index contributed by atoms with van der Waals surface area (Å²) in [5.74, 6) is 2.32. The highest BCUT2D eigenvalue weighted by atomic mass is 35.5. The average molecular weight is 400 g/mol. The summed E-state index contributed by atoms with van der Waals surface area (Å²) >= 11 is 6.19. The summed E-state index contributed by atoms with van der Waals surface area (Å²) in [6.45, 7) is 1.81. The first-order chi connectivity index (χ1) is 13.6. The van der Waals surface area contributed by atoms with Crippen molar-refractivity contribution in [3.05, 3.63) is 64.7 Å². The Kier molecular flexibility index (Phi) is 9.02. The lowest BCUT2D eigenvalue weighted by Gasteiger charge is -2.16. The maximum absolute atomic E-state index is 6.19. The van der Waals surface area contributed by atoms with E-state index in [0.29, 0.717) is 10.9 Å². The Hall–Kier alpha value is -2.33. The number of rotatable bonds is 4. The molecule has 2 aliphatic rings. The molecule has 4 nitrogen and oxygen atoms in total. The van der Waals surface area contributed by atoms with E-state index in [1.807, 2.05) is 38.1 Å². The van der Waals surface area contributed by atoms with Crippen molar-refractivity contribution < 1.29 is 4.74 Å². The van der Waals surface area contributed by atoms with Crippen LogP contribution in [0.15, 0.2) is 64.4 Å². The Morgan fingerprint density at radius 2 is 1.96 bits per heavy atom. The van der Waals surface area contributed by atoms with Crippen LogP contribution in [0.1, 0.15) is 38.2 Å². The predicted molar refractivity (Wildman–Crippen MR) is 121 cm³/mol. The summed E-state index contributed by atoms with van der Waals surface area (Å²) in [6.07, 6.45) is 18.2. The van der Waals surface area contributed by atoms with Gasteiger partial charge < -0.3 is 9.64 Å². The van der Waals surface area contributed by atoms with Crippen molar-refractivity contribution in [2.45, 2.75) is 32.6 Å². The molecule has 0 saturated heterocycles. The average Bonchev–Trinajstić information content (AvgIpc) is 3.48. The fraction of sp³-hybridized carbons (Fsp3) is 0.391. The van der Waals surface area contributed by atoms with Gasteiger partial charge in [0.1, 0.15) is 5.75 Å². The van der Waals surface area contributed by atoms with Crippen molar-refractivity contribution in [2.75, 3.05) is 21.2 Å². The second-order valence-electron chi connectivity index (χ2n) is 6.89. The van der Waals surface area contributed by atoms with E-state index in [1.165, 1.54) is 25.7 Å². The molecule has 0 unspecified atom stereocenters. The maximum Gasteiger partial charge on any atom is 0.159 e. The van der Waals surface area contributed by atoms with Crippen LogP contribution < -0.4 is 4.74 Å². The van der Waals surface area contributed by atoms with Gasteiger partial charge in [0.15, 0.2) is 5.84 Å². The van der Waals surface area contributed by atoms with Crippen LogP contribution in [0.5, 0.6) is 5.75 Å². The molecule has 1 aromatic rings. The second kappa shape index (κ2) is 11.5. The third kappa shape index (κ3) is 7.01. The van der Waals surface area contributed by atoms with Gasteiger partial charge in [-0.15, -0.1) is 5.10 Å².